The monoisotopic (exact) mass is 691 g/mol. The van der Waals surface area contributed by atoms with E-state index >= 15 is 0 Å². The van der Waals surface area contributed by atoms with Crippen molar-refractivity contribution >= 4 is 5.91 Å². The molecule has 0 radical (unpaired) electrons. The molecule has 20 atom stereocenters. The number of amides is 1. The molecule has 47 heavy (non-hydrogen) atoms. The maximum Gasteiger partial charge on any atom is 0.217 e. The number of aliphatic hydroxyl groups excluding tert-OH is 12. The van der Waals surface area contributed by atoms with Crippen LogP contribution in [0.25, 0.3) is 0 Å². The Morgan fingerprint density at radius 3 is 1.66 bits per heavy atom. The predicted molar refractivity (Wildman–Crippen MR) is 144 cm³/mol. The van der Waals surface area contributed by atoms with Crippen LogP contribution in [0.15, 0.2) is 0 Å². The Kier molecular flexibility index (Phi) is 13.2. The fourth-order valence-corrected chi connectivity index (χ4v) is 5.86. The second-order valence-corrected chi connectivity index (χ2v) is 11.9. The summed E-state index contributed by atoms with van der Waals surface area (Å²) in [5.74, 6) is -0.713. The average Bonchev–Trinajstić information content (AvgIpc) is 3.04. The lowest BCUT2D eigenvalue weighted by molar-refractivity contribution is -0.400. The quantitative estimate of drug-likeness (QED) is 0.101. The van der Waals surface area contributed by atoms with Gasteiger partial charge in [-0.05, 0) is 6.92 Å². The van der Waals surface area contributed by atoms with Crippen molar-refractivity contribution in [2.45, 2.75) is 137 Å². The predicted octanol–water partition coefficient (Wildman–Crippen LogP) is -8.58. The molecule has 4 aliphatic heterocycles. The first kappa shape index (κ1) is 38.5. The number of hydrogen-bond acceptors (Lipinski definition) is 20. The fraction of sp³-hybridized carbons (Fsp3) is 0.962. The fourth-order valence-electron chi connectivity index (χ4n) is 5.86. The van der Waals surface area contributed by atoms with E-state index in [9.17, 15) is 66.1 Å². The van der Waals surface area contributed by atoms with Gasteiger partial charge in [-0.3, -0.25) is 4.79 Å². The zero-order valence-corrected chi connectivity index (χ0v) is 25.3. The van der Waals surface area contributed by atoms with Crippen LogP contribution in [0.4, 0.5) is 0 Å². The van der Waals surface area contributed by atoms with Gasteiger partial charge in [0, 0.05) is 6.92 Å². The SMILES string of the molecule is CC(=O)N[C@H]1[C@H](O[C@H]2[C@@H](O)[C@@H](CO)O[C@H](O[C@@H]3[C@@H](O)[C@@H](O)O[C@H](CO)[C@@H]3O)[C@@H]2O[C@@H]2O[C@@H](C)[C@@H](O)[C@@H](O)[C@@H]2O)O[C@H](CO)[C@H](O)[C@@H]1O. The van der Waals surface area contributed by atoms with Crippen LogP contribution < -0.4 is 5.32 Å². The number of hydrogen-bond donors (Lipinski definition) is 13. The third-order valence-electron chi connectivity index (χ3n) is 8.57. The number of carbonyl (C=O) groups is 1. The zero-order valence-electron chi connectivity index (χ0n) is 25.3. The highest BCUT2D eigenvalue weighted by Gasteiger charge is 2.56. The molecular weight excluding hydrogens is 646 g/mol. The van der Waals surface area contributed by atoms with E-state index in [1.165, 1.54) is 6.92 Å². The number of carbonyl (C=O) groups excluding carboxylic acids is 1. The van der Waals surface area contributed by atoms with Crippen LogP contribution in [0.5, 0.6) is 0 Å². The summed E-state index contributed by atoms with van der Waals surface area (Å²) >= 11 is 0. The molecule has 0 aromatic heterocycles. The molecule has 0 bridgehead atoms. The number of ether oxygens (including phenoxy) is 7. The van der Waals surface area contributed by atoms with E-state index in [2.05, 4.69) is 5.32 Å². The molecule has 21 nitrogen and oxygen atoms in total. The molecule has 4 heterocycles. The van der Waals surface area contributed by atoms with E-state index in [1.54, 1.807) is 0 Å². The highest BCUT2D eigenvalue weighted by Crippen LogP contribution is 2.35. The van der Waals surface area contributed by atoms with Gasteiger partial charge in [-0.25, -0.2) is 0 Å². The van der Waals surface area contributed by atoms with E-state index in [0.29, 0.717) is 0 Å². The summed E-state index contributed by atoms with van der Waals surface area (Å²) in [4.78, 5) is 12.0. The van der Waals surface area contributed by atoms with Gasteiger partial charge in [0.25, 0.3) is 0 Å². The van der Waals surface area contributed by atoms with Crippen LogP contribution >= 0.6 is 0 Å². The first-order valence-electron chi connectivity index (χ1n) is 15.0. The Morgan fingerprint density at radius 1 is 0.553 bits per heavy atom. The summed E-state index contributed by atoms with van der Waals surface area (Å²) in [6.07, 6.45) is -33.2. The summed E-state index contributed by atoms with van der Waals surface area (Å²) < 4.78 is 39.5. The van der Waals surface area contributed by atoms with Gasteiger partial charge < -0.3 is 99.8 Å². The van der Waals surface area contributed by atoms with Gasteiger partial charge in [-0.1, -0.05) is 0 Å². The van der Waals surface area contributed by atoms with Crippen molar-refractivity contribution in [1.29, 1.82) is 0 Å². The van der Waals surface area contributed by atoms with Gasteiger partial charge in [0.1, 0.15) is 91.5 Å². The van der Waals surface area contributed by atoms with E-state index in [0.717, 1.165) is 6.92 Å². The molecule has 21 heteroatoms. The molecule has 4 aliphatic rings. The third-order valence-corrected chi connectivity index (χ3v) is 8.57. The molecule has 0 aromatic carbocycles. The van der Waals surface area contributed by atoms with Crippen LogP contribution in [-0.4, -0.2) is 210 Å². The first-order chi connectivity index (χ1) is 22.1. The van der Waals surface area contributed by atoms with Gasteiger partial charge in [0.15, 0.2) is 25.2 Å². The lowest BCUT2D eigenvalue weighted by atomic mass is 9.94. The van der Waals surface area contributed by atoms with Gasteiger partial charge in [-0.2, -0.15) is 0 Å². The minimum absolute atomic E-state index is 0.713. The zero-order chi connectivity index (χ0) is 34.9. The Labute approximate surface area is 267 Å². The van der Waals surface area contributed by atoms with Crippen molar-refractivity contribution in [3.63, 3.8) is 0 Å². The van der Waals surface area contributed by atoms with E-state index in [1.807, 2.05) is 0 Å². The average molecular weight is 692 g/mol. The first-order valence-corrected chi connectivity index (χ1v) is 15.0. The molecule has 274 valence electrons. The summed E-state index contributed by atoms with van der Waals surface area (Å²) in [6.45, 7) is -0.159. The summed E-state index contributed by atoms with van der Waals surface area (Å²) in [7, 11) is 0. The van der Waals surface area contributed by atoms with Gasteiger partial charge >= 0.3 is 0 Å². The highest BCUT2D eigenvalue weighted by molar-refractivity contribution is 5.73. The molecule has 4 rings (SSSR count). The standard InChI is InChI=1S/C26H45NO20/c1-6-12(32)17(37)18(38)25(41-6)47-22-21(46-24-11(27-7(2)31)16(36)13(33)8(3-28)43-24)15(35)10(5-30)44-26(22)45-20-14(34)9(4-29)42-23(40)19(20)39/h6,8-26,28-30,32-40H,3-5H2,1-2H3,(H,27,31)/t6-,8+,9+,10+,11+,12+,13-,14-,15-,16+,17+,18-,19+,20-,21-,22+,23-,24-,25-,26+/m0/s1. The van der Waals surface area contributed by atoms with Gasteiger partial charge in [0.05, 0.1) is 25.9 Å². The Hall–Kier alpha value is -1.29. The van der Waals surface area contributed by atoms with Crippen molar-refractivity contribution in [1.82, 2.24) is 5.32 Å². The molecule has 1 amide bonds. The second-order valence-electron chi connectivity index (χ2n) is 11.9. The minimum Gasteiger partial charge on any atom is -0.394 e. The molecular formula is C26H45NO20. The maximum atomic E-state index is 12.0. The molecule has 0 aromatic rings. The third kappa shape index (κ3) is 8.04. The highest BCUT2D eigenvalue weighted by atomic mass is 16.8. The van der Waals surface area contributed by atoms with Crippen molar-refractivity contribution < 1.29 is 99.2 Å². The summed E-state index contributed by atoms with van der Waals surface area (Å²) in [5, 5.41) is 127. The lowest BCUT2D eigenvalue weighted by Crippen LogP contribution is -2.69. The van der Waals surface area contributed by atoms with Crippen LogP contribution in [0.3, 0.4) is 0 Å². The molecule has 0 spiro atoms. The van der Waals surface area contributed by atoms with E-state index < -0.39 is 148 Å². The number of rotatable bonds is 10. The molecule has 0 saturated carbocycles. The van der Waals surface area contributed by atoms with Crippen LogP contribution in [0.2, 0.25) is 0 Å². The van der Waals surface area contributed by atoms with E-state index in [4.69, 9.17) is 33.2 Å². The summed E-state index contributed by atoms with van der Waals surface area (Å²) in [6, 6.07) is -1.54. The van der Waals surface area contributed by atoms with Crippen LogP contribution in [0.1, 0.15) is 13.8 Å². The van der Waals surface area contributed by atoms with E-state index in [-0.39, 0.29) is 0 Å². The number of nitrogens with one attached hydrogen (secondary N) is 1. The molecule has 0 unspecified atom stereocenters. The maximum absolute atomic E-state index is 12.0. The molecule has 13 N–H and O–H groups in total. The Bertz CT molecular complexity index is 1010. The smallest absolute Gasteiger partial charge is 0.217 e. The topological polar surface area (TPSA) is 336 Å². The van der Waals surface area contributed by atoms with Gasteiger partial charge in [0.2, 0.25) is 5.91 Å². The largest absolute Gasteiger partial charge is 0.394 e. The Morgan fingerprint density at radius 2 is 1.06 bits per heavy atom. The number of aliphatic hydroxyl groups is 12. The normalized spacial score (nSPS) is 51.0. The molecule has 4 saturated heterocycles. The van der Waals surface area contributed by atoms with Gasteiger partial charge in [-0.15, -0.1) is 0 Å². The lowest BCUT2D eigenvalue weighted by Gasteiger charge is -2.50. The Balaban J connectivity index is 1.73. The van der Waals surface area contributed by atoms with Crippen LogP contribution in [0, 0.1) is 0 Å². The van der Waals surface area contributed by atoms with Crippen molar-refractivity contribution in [3.8, 4) is 0 Å². The molecule has 0 aliphatic carbocycles. The van der Waals surface area contributed by atoms with Crippen molar-refractivity contribution in [2.75, 3.05) is 19.8 Å². The minimum atomic E-state index is -1.98. The van der Waals surface area contributed by atoms with Crippen LogP contribution in [-0.2, 0) is 38.0 Å². The molecule has 4 fully saturated rings. The summed E-state index contributed by atoms with van der Waals surface area (Å²) in [5.41, 5.74) is 0. The van der Waals surface area contributed by atoms with Crippen molar-refractivity contribution in [2.24, 2.45) is 0 Å². The second kappa shape index (κ2) is 16.2. The van der Waals surface area contributed by atoms with Crippen molar-refractivity contribution in [3.05, 3.63) is 0 Å².